The molecule has 1 N–H and O–H groups in total. The van der Waals surface area contributed by atoms with Crippen LogP contribution in [0.15, 0.2) is 41.5 Å². The monoisotopic (exact) mass is 349 g/mol. The molecular weight excluding hydrogens is 330 g/mol. The number of oxazole rings is 1. The van der Waals surface area contributed by atoms with Crippen molar-refractivity contribution in [1.29, 1.82) is 0 Å². The van der Waals surface area contributed by atoms with Gasteiger partial charge in [0.2, 0.25) is 0 Å². The topological polar surface area (TPSA) is 93.8 Å². The van der Waals surface area contributed by atoms with Gasteiger partial charge in [0.05, 0.1) is 6.04 Å². The van der Waals surface area contributed by atoms with Crippen molar-refractivity contribution in [2.45, 2.75) is 38.6 Å². The summed E-state index contributed by atoms with van der Waals surface area (Å²) >= 11 is 0. The first-order valence-electron chi connectivity index (χ1n) is 8.61. The Bertz CT molecular complexity index is 934. The smallest absolute Gasteiger partial charge is 0.274 e. The van der Waals surface area contributed by atoms with E-state index in [0.717, 1.165) is 29.7 Å². The second kappa shape index (κ2) is 6.67. The second-order valence-corrected chi connectivity index (χ2v) is 6.50. The number of aryl methyl sites for hydroxylation is 1. The predicted octanol–water partition coefficient (Wildman–Crippen LogP) is 3.20. The number of rotatable bonds is 5. The van der Waals surface area contributed by atoms with E-state index in [9.17, 15) is 4.79 Å². The summed E-state index contributed by atoms with van der Waals surface area (Å²) in [6.07, 6.45) is 8.61. The van der Waals surface area contributed by atoms with Gasteiger partial charge in [0, 0.05) is 41.3 Å². The molecule has 0 aliphatic heterocycles. The van der Waals surface area contributed by atoms with E-state index >= 15 is 0 Å². The van der Waals surface area contributed by atoms with Crippen LogP contribution in [0.25, 0.3) is 11.4 Å². The molecule has 1 aliphatic carbocycles. The quantitative estimate of drug-likeness (QED) is 0.760. The van der Waals surface area contributed by atoms with Crippen molar-refractivity contribution < 1.29 is 9.21 Å². The number of amides is 1. The molecule has 132 valence electrons. The van der Waals surface area contributed by atoms with Gasteiger partial charge >= 0.3 is 0 Å². The zero-order chi connectivity index (χ0) is 18.1. The first-order chi connectivity index (χ1) is 12.6. The average Bonchev–Trinajstić information content (AvgIpc) is 3.38. The zero-order valence-corrected chi connectivity index (χ0v) is 14.6. The summed E-state index contributed by atoms with van der Waals surface area (Å²) in [5, 5.41) is 2.97. The van der Waals surface area contributed by atoms with Crippen LogP contribution in [0.5, 0.6) is 0 Å². The van der Waals surface area contributed by atoms with Gasteiger partial charge in [-0.15, -0.1) is 0 Å². The number of hydrogen-bond acceptors (Lipinski definition) is 6. The molecule has 3 heterocycles. The Morgan fingerprint density at radius 3 is 2.73 bits per heavy atom. The Balaban J connectivity index is 1.52. The molecule has 1 aliphatic rings. The number of nitrogens with zero attached hydrogens (tertiary/aromatic N) is 4. The molecule has 1 fully saturated rings. The summed E-state index contributed by atoms with van der Waals surface area (Å²) in [5.74, 6) is 1.43. The largest absolute Gasteiger partial charge is 0.447 e. The zero-order valence-electron chi connectivity index (χ0n) is 14.6. The molecule has 3 aromatic heterocycles. The normalized spacial score (nSPS) is 14.8. The van der Waals surface area contributed by atoms with E-state index in [1.807, 2.05) is 26.0 Å². The number of hydrogen-bond donors (Lipinski definition) is 1. The van der Waals surface area contributed by atoms with Crippen molar-refractivity contribution in [2.75, 3.05) is 0 Å². The van der Waals surface area contributed by atoms with Crippen LogP contribution in [0.1, 0.15) is 59.2 Å². The lowest BCUT2D eigenvalue weighted by Gasteiger charge is -2.16. The molecule has 4 rings (SSSR count). The maximum absolute atomic E-state index is 12.6. The van der Waals surface area contributed by atoms with Gasteiger partial charge in [0.1, 0.15) is 5.76 Å². The first-order valence-corrected chi connectivity index (χ1v) is 8.61. The standard InChI is InChI=1S/C19H19N5O2/c1-11-15(9-21-18(23-11)14-5-7-20-8-6-14)12(2)24-19(25)16-17(13-3-4-13)26-10-22-16/h5-10,12-13H,3-4H2,1-2H3,(H,24,25)/t12-/m0/s1. The predicted molar refractivity (Wildman–Crippen MR) is 94.4 cm³/mol. The van der Waals surface area contributed by atoms with Crippen LogP contribution in [0.3, 0.4) is 0 Å². The summed E-state index contributed by atoms with van der Waals surface area (Å²) in [6.45, 7) is 3.82. The summed E-state index contributed by atoms with van der Waals surface area (Å²) in [4.78, 5) is 29.6. The van der Waals surface area contributed by atoms with E-state index in [1.54, 1.807) is 18.6 Å². The summed E-state index contributed by atoms with van der Waals surface area (Å²) < 4.78 is 5.38. The molecule has 26 heavy (non-hydrogen) atoms. The fraction of sp³-hybridized carbons (Fsp3) is 0.316. The molecule has 1 amide bonds. The maximum atomic E-state index is 12.6. The van der Waals surface area contributed by atoms with E-state index in [1.165, 1.54) is 6.39 Å². The van der Waals surface area contributed by atoms with Gasteiger partial charge in [-0.1, -0.05) is 0 Å². The third-order valence-corrected chi connectivity index (χ3v) is 4.53. The van der Waals surface area contributed by atoms with Gasteiger partial charge in [0.15, 0.2) is 17.9 Å². The highest BCUT2D eigenvalue weighted by atomic mass is 16.3. The minimum absolute atomic E-state index is 0.231. The van der Waals surface area contributed by atoms with E-state index < -0.39 is 0 Å². The molecule has 0 saturated heterocycles. The van der Waals surface area contributed by atoms with Crippen molar-refractivity contribution in [3.05, 3.63) is 59.8 Å². The van der Waals surface area contributed by atoms with Crippen molar-refractivity contribution in [2.24, 2.45) is 0 Å². The Morgan fingerprint density at radius 1 is 1.27 bits per heavy atom. The molecule has 0 radical (unpaired) electrons. The molecule has 0 unspecified atom stereocenters. The van der Waals surface area contributed by atoms with Crippen LogP contribution in [-0.4, -0.2) is 25.8 Å². The minimum atomic E-state index is -0.238. The minimum Gasteiger partial charge on any atom is -0.447 e. The van der Waals surface area contributed by atoms with Crippen molar-refractivity contribution in [3.8, 4) is 11.4 Å². The van der Waals surface area contributed by atoms with E-state index in [2.05, 4.69) is 25.3 Å². The van der Waals surface area contributed by atoms with Crippen molar-refractivity contribution in [3.63, 3.8) is 0 Å². The van der Waals surface area contributed by atoms with E-state index in [-0.39, 0.29) is 11.9 Å². The Labute approximate surface area is 150 Å². The Morgan fingerprint density at radius 2 is 2.04 bits per heavy atom. The maximum Gasteiger partial charge on any atom is 0.274 e. The number of carbonyl (C=O) groups is 1. The summed E-state index contributed by atoms with van der Waals surface area (Å²) in [5.41, 5.74) is 2.98. The van der Waals surface area contributed by atoms with Gasteiger partial charge in [-0.2, -0.15) is 0 Å². The lowest BCUT2D eigenvalue weighted by Crippen LogP contribution is -2.28. The third kappa shape index (κ3) is 3.20. The number of pyridine rings is 1. The number of aromatic nitrogens is 4. The number of nitrogens with one attached hydrogen (secondary N) is 1. The molecule has 0 bridgehead atoms. The fourth-order valence-corrected chi connectivity index (χ4v) is 2.95. The van der Waals surface area contributed by atoms with Crippen LogP contribution < -0.4 is 5.32 Å². The second-order valence-electron chi connectivity index (χ2n) is 6.50. The van der Waals surface area contributed by atoms with Gasteiger partial charge in [-0.05, 0) is 38.8 Å². The Kier molecular flexibility index (Phi) is 4.20. The number of carbonyl (C=O) groups excluding carboxylic acids is 1. The van der Waals surface area contributed by atoms with Crippen molar-refractivity contribution in [1.82, 2.24) is 25.3 Å². The lowest BCUT2D eigenvalue weighted by molar-refractivity contribution is 0.0933. The van der Waals surface area contributed by atoms with E-state index in [4.69, 9.17) is 4.42 Å². The van der Waals surface area contributed by atoms with Crippen LogP contribution >= 0.6 is 0 Å². The van der Waals surface area contributed by atoms with E-state index in [0.29, 0.717) is 23.2 Å². The highest BCUT2D eigenvalue weighted by Gasteiger charge is 2.32. The molecule has 0 spiro atoms. The molecular formula is C19H19N5O2. The molecule has 0 aromatic carbocycles. The highest BCUT2D eigenvalue weighted by Crippen LogP contribution is 2.41. The van der Waals surface area contributed by atoms with Crippen LogP contribution in [0, 0.1) is 6.92 Å². The highest BCUT2D eigenvalue weighted by molar-refractivity contribution is 5.93. The van der Waals surface area contributed by atoms with Crippen LogP contribution in [0.4, 0.5) is 0 Å². The van der Waals surface area contributed by atoms with Crippen LogP contribution in [-0.2, 0) is 0 Å². The molecule has 7 nitrogen and oxygen atoms in total. The van der Waals surface area contributed by atoms with Gasteiger partial charge < -0.3 is 9.73 Å². The summed E-state index contributed by atoms with van der Waals surface area (Å²) in [6, 6.07) is 3.49. The Hall–Kier alpha value is -3.09. The molecule has 3 aromatic rings. The van der Waals surface area contributed by atoms with Gasteiger partial charge in [0.25, 0.3) is 5.91 Å². The molecule has 1 atom stereocenters. The lowest BCUT2D eigenvalue weighted by atomic mass is 10.1. The summed E-state index contributed by atoms with van der Waals surface area (Å²) in [7, 11) is 0. The average molecular weight is 349 g/mol. The third-order valence-electron chi connectivity index (χ3n) is 4.53. The fourth-order valence-electron chi connectivity index (χ4n) is 2.95. The molecule has 1 saturated carbocycles. The van der Waals surface area contributed by atoms with Crippen molar-refractivity contribution >= 4 is 5.91 Å². The van der Waals surface area contributed by atoms with Gasteiger partial charge in [-0.25, -0.2) is 15.0 Å². The first kappa shape index (κ1) is 16.4. The molecule has 7 heteroatoms. The van der Waals surface area contributed by atoms with Gasteiger partial charge in [-0.3, -0.25) is 9.78 Å². The van der Waals surface area contributed by atoms with Crippen LogP contribution in [0.2, 0.25) is 0 Å². The SMILES string of the molecule is Cc1nc(-c2ccncc2)ncc1[C@H](C)NC(=O)c1ncoc1C1CC1.